The molecule has 0 saturated carbocycles. The summed E-state index contributed by atoms with van der Waals surface area (Å²) in [7, 11) is 1.85. The number of aromatic nitrogens is 1. The fourth-order valence-corrected chi connectivity index (χ4v) is 4.23. The Balaban J connectivity index is 0.00000338. The summed E-state index contributed by atoms with van der Waals surface area (Å²) in [6, 6.07) is 0.568. The molecule has 1 aromatic rings. The number of guanidine groups is 1. The Kier molecular flexibility index (Phi) is 11.7. The van der Waals surface area contributed by atoms with Crippen molar-refractivity contribution in [2.24, 2.45) is 10.9 Å². The van der Waals surface area contributed by atoms with Crippen molar-refractivity contribution >= 4 is 41.3 Å². The number of likely N-dealkylation sites (tertiary alicyclic amines) is 1. The van der Waals surface area contributed by atoms with Gasteiger partial charge in [0.1, 0.15) is 0 Å². The van der Waals surface area contributed by atoms with E-state index in [4.69, 9.17) is 0 Å². The van der Waals surface area contributed by atoms with Crippen LogP contribution in [0.15, 0.2) is 11.2 Å². The van der Waals surface area contributed by atoms with Crippen molar-refractivity contribution in [1.29, 1.82) is 0 Å². The number of hydrogen-bond acceptors (Lipinski definition) is 4. The summed E-state index contributed by atoms with van der Waals surface area (Å²) >= 11 is 1.77. The summed E-state index contributed by atoms with van der Waals surface area (Å²) in [6.07, 6.45) is 8.33. The van der Waals surface area contributed by atoms with E-state index < -0.39 is 0 Å². The maximum Gasteiger partial charge on any atom is 0.191 e. The average Bonchev–Trinajstić information content (AvgIpc) is 2.84. The van der Waals surface area contributed by atoms with Crippen LogP contribution in [0.25, 0.3) is 0 Å². The number of aliphatic imine (C=N–C) groups is 1. The van der Waals surface area contributed by atoms with Gasteiger partial charge in [-0.05, 0) is 38.8 Å². The van der Waals surface area contributed by atoms with E-state index in [1.165, 1.54) is 48.7 Å². The first-order valence-corrected chi connectivity index (χ1v) is 10.5. The van der Waals surface area contributed by atoms with Crippen LogP contribution in [0.3, 0.4) is 0 Å². The predicted octanol–water partition coefficient (Wildman–Crippen LogP) is 3.68. The second kappa shape index (κ2) is 12.9. The van der Waals surface area contributed by atoms with Crippen LogP contribution in [0.1, 0.15) is 49.4 Å². The van der Waals surface area contributed by atoms with E-state index in [0.29, 0.717) is 12.0 Å². The Morgan fingerprint density at radius 1 is 1.23 bits per heavy atom. The predicted molar refractivity (Wildman–Crippen MR) is 124 cm³/mol. The number of halogens is 1. The summed E-state index contributed by atoms with van der Waals surface area (Å²) in [5, 5.41) is 8.15. The molecular weight excluding hydrogens is 457 g/mol. The third-order valence-electron chi connectivity index (χ3n) is 4.88. The largest absolute Gasteiger partial charge is 0.356 e. The van der Waals surface area contributed by atoms with Crippen LogP contribution in [-0.2, 0) is 6.42 Å². The van der Waals surface area contributed by atoms with E-state index in [1.807, 2.05) is 13.2 Å². The first-order chi connectivity index (χ1) is 12.1. The number of thiazole rings is 1. The van der Waals surface area contributed by atoms with E-state index in [1.54, 1.807) is 11.3 Å². The van der Waals surface area contributed by atoms with Gasteiger partial charge in [-0.2, -0.15) is 0 Å². The van der Waals surface area contributed by atoms with E-state index in [0.717, 1.165) is 25.5 Å². The molecule has 0 amide bonds. The van der Waals surface area contributed by atoms with Gasteiger partial charge in [-0.15, -0.1) is 35.3 Å². The smallest absolute Gasteiger partial charge is 0.191 e. The summed E-state index contributed by atoms with van der Waals surface area (Å²) in [5.41, 5.74) is 0. The minimum atomic E-state index is 0. The van der Waals surface area contributed by atoms with Gasteiger partial charge in [-0.3, -0.25) is 9.89 Å². The Labute approximate surface area is 180 Å². The van der Waals surface area contributed by atoms with Crippen LogP contribution in [0.2, 0.25) is 0 Å². The molecule has 0 aliphatic carbocycles. The molecule has 150 valence electrons. The number of rotatable bonds is 7. The second-order valence-electron chi connectivity index (χ2n) is 7.26. The summed E-state index contributed by atoms with van der Waals surface area (Å²) in [6.45, 7) is 11.1. The van der Waals surface area contributed by atoms with Gasteiger partial charge in [0.2, 0.25) is 0 Å². The Morgan fingerprint density at radius 3 is 2.46 bits per heavy atom. The number of nitrogens with one attached hydrogen (secondary N) is 2. The van der Waals surface area contributed by atoms with Crippen molar-refractivity contribution in [3.8, 4) is 0 Å². The molecule has 5 nitrogen and oxygen atoms in total. The van der Waals surface area contributed by atoms with E-state index in [2.05, 4.69) is 46.3 Å². The third kappa shape index (κ3) is 8.08. The average molecular weight is 494 g/mol. The zero-order valence-corrected chi connectivity index (χ0v) is 19.9. The van der Waals surface area contributed by atoms with Crippen molar-refractivity contribution in [2.75, 3.05) is 33.2 Å². The third-order valence-corrected chi connectivity index (χ3v) is 5.85. The molecule has 26 heavy (non-hydrogen) atoms. The van der Waals surface area contributed by atoms with Gasteiger partial charge >= 0.3 is 0 Å². The monoisotopic (exact) mass is 493 g/mol. The van der Waals surface area contributed by atoms with Gasteiger partial charge in [0.15, 0.2) is 5.96 Å². The molecule has 0 bridgehead atoms. The lowest BCUT2D eigenvalue weighted by Crippen LogP contribution is -2.50. The molecule has 1 saturated heterocycles. The van der Waals surface area contributed by atoms with Crippen LogP contribution in [0, 0.1) is 12.8 Å². The maximum absolute atomic E-state index is 4.42. The van der Waals surface area contributed by atoms with Crippen LogP contribution in [-0.4, -0.2) is 55.1 Å². The lowest BCUT2D eigenvalue weighted by Gasteiger charge is -2.34. The molecule has 1 unspecified atom stereocenters. The van der Waals surface area contributed by atoms with Crippen LogP contribution < -0.4 is 10.6 Å². The van der Waals surface area contributed by atoms with Crippen molar-refractivity contribution in [1.82, 2.24) is 20.5 Å². The standard InChI is InChI=1S/C19H35N5S.HI/c1-15(2)17(24-11-7-5-6-8-12-24)14-23-19(20-4)21-10-9-18-22-13-16(3)25-18;/h13,15,17H,5-12,14H2,1-4H3,(H2,20,21,23);1H. The maximum atomic E-state index is 4.42. The summed E-state index contributed by atoms with van der Waals surface area (Å²) in [5.74, 6) is 1.54. The quantitative estimate of drug-likeness (QED) is 0.346. The van der Waals surface area contributed by atoms with E-state index in [-0.39, 0.29) is 24.0 Å². The Hall–Kier alpha value is -0.410. The van der Waals surface area contributed by atoms with Crippen LogP contribution in [0.4, 0.5) is 0 Å². The van der Waals surface area contributed by atoms with Crippen molar-refractivity contribution in [3.05, 3.63) is 16.1 Å². The highest BCUT2D eigenvalue weighted by atomic mass is 127. The number of aryl methyl sites for hydroxylation is 1. The molecule has 2 rings (SSSR count). The molecule has 0 spiro atoms. The number of hydrogen-bond donors (Lipinski definition) is 2. The molecule has 2 N–H and O–H groups in total. The van der Waals surface area contributed by atoms with E-state index >= 15 is 0 Å². The van der Waals surface area contributed by atoms with Gasteiger partial charge in [0.05, 0.1) is 5.01 Å². The van der Waals surface area contributed by atoms with Crippen LogP contribution in [0.5, 0.6) is 0 Å². The lowest BCUT2D eigenvalue weighted by molar-refractivity contribution is 0.161. The molecule has 1 aromatic heterocycles. The SMILES string of the molecule is CN=C(NCCc1ncc(C)s1)NCC(C(C)C)N1CCCCCC1.I. The topological polar surface area (TPSA) is 52.6 Å². The Morgan fingerprint density at radius 2 is 1.92 bits per heavy atom. The molecule has 1 atom stereocenters. The molecule has 7 heteroatoms. The minimum absolute atomic E-state index is 0. The molecule has 1 fully saturated rings. The van der Waals surface area contributed by atoms with Crippen molar-refractivity contribution in [3.63, 3.8) is 0 Å². The normalized spacial score (nSPS) is 17.5. The first kappa shape index (κ1) is 23.6. The fourth-order valence-electron chi connectivity index (χ4n) is 3.44. The van der Waals surface area contributed by atoms with Gasteiger partial charge in [0.25, 0.3) is 0 Å². The fraction of sp³-hybridized carbons (Fsp3) is 0.789. The zero-order chi connectivity index (χ0) is 18.1. The lowest BCUT2D eigenvalue weighted by atomic mass is 10.0. The summed E-state index contributed by atoms with van der Waals surface area (Å²) in [4.78, 5) is 12.7. The highest BCUT2D eigenvalue weighted by Gasteiger charge is 2.22. The molecule has 2 heterocycles. The Bertz CT molecular complexity index is 524. The highest BCUT2D eigenvalue weighted by molar-refractivity contribution is 14.0. The van der Waals surface area contributed by atoms with Crippen LogP contribution >= 0.6 is 35.3 Å². The minimum Gasteiger partial charge on any atom is -0.356 e. The summed E-state index contributed by atoms with van der Waals surface area (Å²) < 4.78 is 0. The van der Waals surface area contributed by atoms with Crippen molar-refractivity contribution in [2.45, 2.75) is 58.9 Å². The van der Waals surface area contributed by atoms with Gasteiger partial charge < -0.3 is 10.6 Å². The first-order valence-electron chi connectivity index (χ1n) is 9.70. The molecule has 0 radical (unpaired) electrons. The second-order valence-corrected chi connectivity index (χ2v) is 8.58. The zero-order valence-electron chi connectivity index (χ0n) is 16.8. The number of nitrogens with zero attached hydrogens (tertiary/aromatic N) is 3. The molecular formula is C19H36IN5S. The van der Waals surface area contributed by atoms with Gasteiger partial charge in [-0.25, -0.2) is 4.98 Å². The molecule has 1 aliphatic rings. The van der Waals surface area contributed by atoms with Gasteiger partial charge in [0, 0.05) is 43.7 Å². The van der Waals surface area contributed by atoms with Gasteiger partial charge in [-0.1, -0.05) is 26.7 Å². The molecule has 0 aromatic carbocycles. The van der Waals surface area contributed by atoms with Crippen molar-refractivity contribution < 1.29 is 0 Å². The van der Waals surface area contributed by atoms with E-state index in [9.17, 15) is 0 Å². The molecule has 1 aliphatic heterocycles. The highest BCUT2D eigenvalue weighted by Crippen LogP contribution is 2.17.